The van der Waals surface area contributed by atoms with Gasteiger partial charge in [0.15, 0.2) is 5.16 Å². The number of benzene rings is 1. The van der Waals surface area contributed by atoms with Crippen LogP contribution in [0.3, 0.4) is 0 Å². The first-order valence-electron chi connectivity index (χ1n) is 6.19. The molecule has 0 unspecified atom stereocenters. The first kappa shape index (κ1) is 14.0. The van der Waals surface area contributed by atoms with E-state index in [2.05, 4.69) is 15.3 Å². The molecule has 19 heavy (non-hydrogen) atoms. The van der Waals surface area contributed by atoms with Gasteiger partial charge in [-0.15, -0.1) is 0 Å². The summed E-state index contributed by atoms with van der Waals surface area (Å²) in [7, 11) is 0. The fraction of sp³-hybridized carbons (Fsp3) is 0.286. The van der Waals surface area contributed by atoms with Crippen molar-refractivity contribution in [1.82, 2.24) is 15.3 Å². The quantitative estimate of drug-likeness (QED) is 0.480. The highest BCUT2D eigenvalue weighted by Gasteiger charge is 1.96. The molecule has 100 valence electrons. The molecule has 0 fully saturated rings. The molecule has 1 heterocycles. The third kappa shape index (κ3) is 5.36. The zero-order valence-electron chi connectivity index (χ0n) is 10.6. The van der Waals surface area contributed by atoms with Gasteiger partial charge in [0.05, 0.1) is 0 Å². The third-order valence-electron chi connectivity index (χ3n) is 2.51. The largest absolute Gasteiger partial charge is 0.313 e. The van der Waals surface area contributed by atoms with Gasteiger partial charge in [0.1, 0.15) is 5.82 Å². The average molecular weight is 277 g/mol. The van der Waals surface area contributed by atoms with Crippen molar-refractivity contribution in [2.75, 3.05) is 12.3 Å². The lowest BCUT2D eigenvalue weighted by Gasteiger charge is -2.04. The predicted octanol–water partition coefficient (Wildman–Crippen LogP) is 2.89. The molecule has 2 rings (SSSR count). The van der Waals surface area contributed by atoms with Gasteiger partial charge in [-0.3, -0.25) is 0 Å². The van der Waals surface area contributed by atoms with E-state index in [9.17, 15) is 4.39 Å². The van der Waals surface area contributed by atoms with Crippen LogP contribution < -0.4 is 5.32 Å². The van der Waals surface area contributed by atoms with Gasteiger partial charge in [-0.2, -0.15) is 0 Å². The molecule has 0 spiro atoms. The number of rotatable bonds is 7. The molecular formula is C14H16FN3S. The van der Waals surface area contributed by atoms with Gasteiger partial charge < -0.3 is 5.32 Å². The number of thioether (sulfide) groups is 1. The Labute approximate surface area is 116 Å². The molecule has 0 atom stereocenters. The van der Waals surface area contributed by atoms with Crippen LogP contribution in [0.4, 0.5) is 4.39 Å². The number of nitrogens with zero attached hydrogens (tertiary/aromatic N) is 2. The smallest absolute Gasteiger partial charge is 0.187 e. The lowest BCUT2D eigenvalue weighted by atomic mass is 10.2. The first-order chi connectivity index (χ1) is 9.34. The van der Waals surface area contributed by atoms with Crippen molar-refractivity contribution < 1.29 is 4.39 Å². The van der Waals surface area contributed by atoms with E-state index < -0.39 is 0 Å². The summed E-state index contributed by atoms with van der Waals surface area (Å²) in [4.78, 5) is 8.30. The van der Waals surface area contributed by atoms with Crippen molar-refractivity contribution in [3.63, 3.8) is 0 Å². The van der Waals surface area contributed by atoms with E-state index in [0.717, 1.165) is 36.0 Å². The molecular weight excluding hydrogens is 261 g/mol. The molecule has 0 saturated carbocycles. The van der Waals surface area contributed by atoms with Crippen molar-refractivity contribution in [2.45, 2.75) is 18.1 Å². The van der Waals surface area contributed by atoms with Crippen LogP contribution in [0.5, 0.6) is 0 Å². The van der Waals surface area contributed by atoms with E-state index in [-0.39, 0.29) is 5.82 Å². The zero-order valence-corrected chi connectivity index (χ0v) is 11.4. The fourth-order valence-electron chi connectivity index (χ4n) is 1.56. The monoisotopic (exact) mass is 277 g/mol. The Kier molecular flexibility index (Phi) is 5.78. The van der Waals surface area contributed by atoms with Gasteiger partial charge in [-0.1, -0.05) is 23.9 Å². The Morgan fingerprint density at radius 3 is 2.58 bits per heavy atom. The number of hydrogen-bond donors (Lipinski definition) is 1. The molecule has 1 N–H and O–H groups in total. The van der Waals surface area contributed by atoms with E-state index in [1.54, 1.807) is 36.3 Å². The minimum Gasteiger partial charge on any atom is -0.313 e. The summed E-state index contributed by atoms with van der Waals surface area (Å²) in [6, 6.07) is 8.39. The van der Waals surface area contributed by atoms with E-state index in [0.29, 0.717) is 0 Å². The zero-order chi connectivity index (χ0) is 13.3. The second-order valence-electron chi connectivity index (χ2n) is 4.04. The van der Waals surface area contributed by atoms with Crippen molar-refractivity contribution in [3.8, 4) is 0 Å². The van der Waals surface area contributed by atoms with Gasteiger partial charge in [-0.05, 0) is 36.7 Å². The van der Waals surface area contributed by atoms with Gasteiger partial charge >= 0.3 is 0 Å². The predicted molar refractivity (Wildman–Crippen MR) is 75.5 cm³/mol. The molecule has 0 radical (unpaired) electrons. The van der Waals surface area contributed by atoms with E-state index >= 15 is 0 Å². The topological polar surface area (TPSA) is 37.8 Å². The lowest BCUT2D eigenvalue weighted by Crippen LogP contribution is -2.15. The summed E-state index contributed by atoms with van der Waals surface area (Å²) in [6.07, 6.45) is 4.55. The van der Waals surface area contributed by atoms with Crippen LogP contribution in [0.2, 0.25) is 0 Å². The Morgan fingerprint density at radius 1 is 1.11 bits per heavy atom. The molecule has 0 bridgehead atoms. The van der Waals surface area contributed by atoms with E-state index in [1.165, 1.54) is 12.1 Å². The summed E-state index contributed by atoms with van der Waals surface area (Å²) in [5, 5.41) is 4.15. The van der Waals surface area contributed by atoms with Gasteiger partial charge in [-0.25, -0.2) is 14.4 Å². The van der Waals surface area contributed by atoms with Crippen LogP contribution in [0.1, 0.15) is 12.0 Å². The van der Waals surface area contributed by atoms with E-state index in [1.807, 2.05) is 6.07 Å². The van der Waals surface area contributed by atoms with Crippen molar-refractivity contribution in [1.29, 1.82) is 0 Å². The summed E-state index contributed by atoms with van der Waals surface area (Å²) in [6.45, 7) is 1.70. The first-order valence-corrected chi connectivity index (χ1v) is 7.18. The van der Waals surface area contributed by atoms with Crippen LogP contribution in [0.25, 0.3) is 0 Å². The molecule has 0 amide bonds. The van der Waals surface area contributed by atoms with E-state index in [4.69, 9.17) is 0 Å². The van der Waals surface area contributed by atoms with Crippen LogP contribution in [0.15, 0.2) is 47.9 Å². The Morgan fingerprint density at radius 2 is 1.84 bits per heavy atom. The fourth-order valence-corrected chi connectivity index (χ4v) is 2.30. The van der Waals surface area contributed by atoms with Crippen LogP contribution in [-0.2, 0) is 6.54 Å². The average Bonchev–Trinajstić information content (AvgIpc) is 2.46. The molecule has 0 aliphatic rings. The highest BCUT2D eigenvalue weighted by molar-refractivity contribution is 7.99. The molecule has 0 saturated heterocycles. The second-order valence-corrected chi connectivity index (χ2v) is 5.10. The Balaban J connectivity index is 1.56. The standard InChI is InChI=1S/C14H16FN3S/c15-13-5-3-12(4-6-13)11-16-7-2-10-19-14-17-8-1-9-18-14/h1,3-6,8-9,16H,2,7,10-11H2. The normalized spacial score (nSPS) is 10.6. The number of halogens is 1. The van der Waals surface area contributed by atoms with Gasteiger partial charge in [0, 0.05) is 24.7 Å². The minimum atomic E-state index is -0.192. The molecule has 5 heteroatoms. The van der Waals surface area contributed by atoms with Gasteiger partial charge in [0.25, 0.3) is 0 Å². The van der Waals surface area contributed by atoms with Crippen molar-refractivity contribution in [2.24, 2.45) is 0 Å². The highest BCUT2D eigenvalue weighted by Crippen LogP contribution is 2.11. The van der Waals surface area contributed by atoms with Crippen LogP contribution >= 0.6 is 11.8 Å². The number of aromatic nitrogens is 2. The van der Waals surface area contributed by atoms with Gasteiger partial charge in [0.2, 0.25) is 0 Å². The third-order valence-corrected chi connectivity index (χ3v) is 3.48. The van der Waals surface area contributed by atoms with Crippen LogP contribution in [0, 0.1) is 5.82 Å². The van der Waals surface area contributed by atoms with Crippen molar-refractivity contribution >= 4 is 11.8 Å². The molecule has 3 nitrogen and oxygen atoms in total. The Hall–Kier alpha value is -1.46. The molecule has 1 aromatic heterocycles. The molecule has 0 aliphatic heterocycles. The molecule has 2 aromatic rings. The molecule has 0 aliphatic carbocycles. The maximum Gasteiger partial charge on any atom is 0.187 e. The second kappa shape index (κ2) is 7.86. The minimum absolute atomic E-state index is 0.192. The lowest BCUT2D eigenvalue weighted by molar-refractivity contribution is 0.624. The summed E-state index contributed by atoms with van der Waals surface area (Å²) in [5.41, 5.74) is 1.10. The maximum atomic E-state index is 12.7. The Bertz CT molecular complexity index is 476. The summed E-state index contributed by atoms with van der Waals surface area (Å²) < 4.78 is 12.7. The number of hydrogen-bond acceptors (Lipinski definition) is 4. The van der Waals surface area contributed by atoms with Crippen molar-refractivity contribution in [3.05, 3.63) is 54.1 Å². The highest BCUT2D eigenvalue weighted by atomic mass is 32.2. The number of nitrogens with one attached hydrogen (secondary N) is 1. The molecule has 1 aromatic carbocycles. The maximum absolute atomic E-state index is 12.7. The summed E-state index contributed by atoms with van der Waals surface area (Å²) >= 11 is 1.66. The van der Waals surface area contributed by atoms with Crippen LogP contribution in [-0.4, -0.2) is 22.3 Å². The summed E-state index contributed by atoms with van der Waals surface area (Å²) in [5.74, 6) is 0.795. The SMILES string of the molecule is Fc1ccc(CNCCCSc2ncccn2)cc1.